The zero-order valence-electron chi connectivity index (χ0n) is 3.63. The average molecular weight is 220 g/mol. The van der Waals surface area contributed by atoms with E-state index < -0.39 is 6.69 Å². The summed E-state index contributed by atoms with van der Waals surface area (Å²) in [6.07, 6.45) is 0. The quantitative estimate of drug-likeness (QED) is 0.381. The Hall–Kier alpha value is 1.02. The van der Waals surface area contributed by atoms with Crippen molar-refractivity contribution in [3.63, 3.8) is 0 Å². The predicted molar refractivity (Wildman–Crippen MR) is 41.5 cm³/mol. The standard InChI is InChI=1S/C3H5BrCl2Si/c1-2-7(5,6)3-4/h2H,1,3H2. The van der Waals surface area contributed by atoms with Crippen LogP contribution in [0.3, 0.4) is 0 Å². The second-order valence-corrected chi connectivity index (χ2v) is 9.61. The Morgan fingerprint density at radius 3 is 2.14 bits per heavy atom. The lowest BCUT2D eigenvalue weighted by Crippen LogP contribution is -2.17. The third-order valence-electron chi connectivity index (χ3n) is 0.477. The lowest BCUT2D eigenvalue weighted by Gasteiger charge is -2.02. The molecule has 0 aromatic heterocycles. The van der Waals surface area contributed by atoms with Gasteiger partial charge in [0.05, 0.1) is 0 Å². The predicted octanol–water partition coefficient (Wildman–Crippen LogP) is 2.57. The van der Waals surface area contributed by atoms with E-state index in [0.29, 0.717) is 4.95 Å². The maximum Gasteiger partial charge on any atom is 0.283 e. The van der Waals surface area contributed by atoms with Crippen molar-refractivity contribution in [2.24, 2.45) is 0 Å². The lowest BCUT2D eigenvalue weighted by atomic mass is 11.3. The maximum absolute atomic E-state index is 5.64. The summed E-state index contributed by atoms with van der Waals surface area (Å²) in [6.45, 7) is 1.44. The third-order valence-corrected chi connectivity index (χ3v) is 7.75. The maximum atomic E-state index is 5.64. The molecule has 0 rings (SSSR count). The van der Waals surface area contributed by atoms with Crippen LogP contribution >= 0.6 is 38.1 Å². The fourth-order valence-electron chi connectivity index (χ4n) is 0.0546. The van der Waals surface area contributed by atoms with E-state index in [2.05, 4.69) is 22.5 Å². The van der Waals surface area contributed by atoms with Gasteiger partial charge in [-0.1, -0.05) is 21.6 Å². The Morgan fingerprint density at radius 1 is 1.71 bits per heavy atom. The average Bonchev–Trinajstić information content (AvgIpc) is 1.68. The topological polar surface area (TPSA) is 0 Å². The van der Waals surface area contributed by atoms with Crippen LogP contribution in [0, 0.1) is 0 Å². The molecule has 0 saturated heterocycles. The highest BCUT2D eigenvalue weighted by molar-refractivity contribution is 9.10. The van der Waals surface area contributed by atoms with Crippen molar-refractivity contribution < 1.29 is 0 Å². The van der Waals surface area contributed by atoms with Gasteiger partial charge in [0.2, 0.25) is 0 Å². The molecule has 0 spiro atoms. The first kappa shape index (κ1) is 8.02. The molecule has 0 N–H and O–H groups in total. The van der Waals surface area contributed by atoms with Gasteiger partial charge >= 0.3 is 0 Å². The Labute approximate surface area is 62.0 Å². The first-order valence-electron chi connectivity index (χ1n) is 1.70. The number of hydrogen-bond acceptors (Lipinski definition) is 0. The summed E-state index contributed by atoms with van der Waals surface area (Å²) in [7, 11) is 0. The Balaban J connectivity index is 3.58. The van der Waals surface area contributed by atoms with Crippen molar-refractivity contribution in [3.05, 3.63) is 12.3 Å². The second kappa shape index (κ2) is 3.12. The van der Waals surface area contributed by atoms with Crippen molar-refractivity contribution in [2.75, 3.05) is 4.95 Å². The van der Waals surface area contributed by atoms with E-state index in [4.69, 9.17) is 22.2 Å². The molecule has 0 fully saturated rings. The van der Waals surface area contributed by atoms with Crippen LogP contribution in [0.5, 0.6) is 0 Å². The number of halogens is 3. The van der Waals surface area contributed by atoms with Gasteiger partial charge in [0.1, 0.15) is 0 Å². The summed E-state index contributed by atoms with van der Waals surface area (Å²) >= 11 is 14.4. The summed E-state index contributed by atoms with van der Waals surface area (Å²) in [5.74, 6) is 0. The van der Waals surface area contributed by atoms with Crippen molar-refractivity contribution >= 4 is 44.8 Å². The van der Waals surface area contributed by atoms with Gasteiger partial charge in [-0.25, -0.2) is 0 Å². The minimum atomic E-state index is -2.03. The Morgan fingerprint density at radius 2 is 2.14 bits per heavy atom. The number of rotatable bonds is 2. The van der Waals surface area contributed by atoms with E-state index in [-0.39, 0.29) is 0 Å². The molecular weight excluding hydrogens is 215 g/mol. The third kappa shape index (κ3) is 3.59. The zero-order valence-corrected chi connectivity index (χ0v) is 7.72. The van der Waals surface area contributed by atoms with Crippen LogP contribution in [0.25, 0.3) is 0 Å². The molecule has 0 unspecified atom stereocenters. The highest BCUT2D eigenvalue weighted by Crippen LogP contribution is 2.17. The molecular formula is C3H5BrCl2Si. The Kier molecular flexibility index (Phi) is 3.58. The van der Waals surface area contributed by atoms with E-state index in [1.165, 1.54) is 0 Å². The van der Waals surface area contributed by atoms with Crippen LogP contribution in [0.4, 0.5) is 0 Å². The van der Waals surface area contributed by atoms with E-state index in [1.54, 1.807) is 5.70 Å². The van der Waals surface area contributed by atoms with Crippen molar-refractivity contribution in [2.45, 2.75) is 0 Å². The largest absolute Gasteiger partial charge is 0.283 e. The smallest absolute Gasteiger partial charge is 0.139 e. The second-order valence-electron chi connectivity index (χ2n) is 1.10. The minimum absolute atomic E-state index is 0.659. The van der Waals surface area contributed by atoms with Crippen LogP contribution in [-0.4, -0.2) is 11.6 Å². The van der Waals surface area contributed by atoms with Gasteiger partial charge in [-0.15, -0.1) is 28.7 Å². The van der Waals surface area contributed by atoms with Gasteiger partial charge < -0.3 is 0 Å². The normalized spacial score (nSPS) is 11.3. The molecule has 0 saturated carbocycles. The minimum Gasteiger partial charge on any atom is -0.139 e. The lowest BCUT2D eigenvalue weighted by molar-refractivity contribution is 2.13. The molecule has 0 aliphatic carbocycles. The molecule has 0 heterocycles. The van der Waals surface area contributed by atoms with Crippen molar-refractivity contribution in [1.29, 1.82) is 0 Å². The Bertz CT molecular complexity index is 73.3. The first-order chi connectivity index (χ1) is 3.12. The van der Waals surface area contributed by atoms with Gasteiger partial charge in [0, 0.05) is 4.95 Å². The fourth-order valence-corrected chi connectivity index (χ4v) is 0.850. The summed E-state index contributed by atoms with van der Waals surface area (Å²) in [5.41, 5.74) is 1.62. The SMILES string of the molecule is C=C[Si](Cl)(Cl)CBr. The van der Waals surface area contributed by atoms with E-state index >= 15 is 0 Å². The number of hydrogen-bond donors (Lipinski definition) is 0. The molecule has 0 amide bonds. The molecule has 4 heteroatoms. The fraction of sp³-hybridized carbons (Fsp3) is 0.333. The summed E-state index contributed by atoms with van der Waals surface area (Å²) < 4.78 is 0. The molecule has 0 atom stereocenters. The monoisotopic (exact) mass is 218 g/mol. The molecule has 7 heavy (non-hydrogen) atoms. The first-order valence-corrected chi connectivity index (χ1v) is 7.13. The van der Waals surface area contributed by atoms with E-state index in [0.717, 1.165) is 0 Å². The summed E-state index contributed by atoms with van der Waals surface area (Å²) in [5, 5.41) is 0. The number of alkyl halides is 1. The van der Waals surface area contributed by atoms with Crippen LogP contribution in [0.1, 0.15) is 0 Å². The van der Waals surface area contributed by atoms with Crippen LogP contribution < -0.4 is 0 Å². The molecule has 42 valence electrons. The summed E-state index contributed by atoms with van der Waals surface area (Å²) in [6, 6.07) is 0. The van der Waals surface area contributed by atoms with Crippen molar-refractivity contribution in [3.8, 4) is 0 Å². The molecule has 0 aliphatic rings. The van der Waals surface area contributed by atoms with Gasteiger partial charge in [0.15, 0.2) is 0 Å². The molecule has 0 aromatic rings. The van der Waals surface area contributed by atoms with Gasteiger partial charge in [-0.2, -0.15) is 0 Å². The molecule has 0 aromatic carbocycles. The van der Waals surface area contributed by atoms with E-state index in [1.807, 2.05) is 0 Å². The summed E-state index contributed by atoms with van der Waals surface area (Å²) in [4.78, 5) is 0.659. The highest BCUT2D eigenvalue weighted by Gasteiger charge is 2.20. The molecule has 0 radical (unpaired) electrons. The molecule has 0 aliphatic heterocycles. The van der Waals surface area contributed by atoms with Crippen LogP contribution in [0.15, 0.2) is 12.3 Å². The van der Waals surface area contributed by atoms with E-state index in [9.17, 15) is 0 Å². The van der Waals surface area contributed by atoms with Crippen LogP contribution in [-0.2, 0) is 0 Å². The zero-order chi connectivity index (χ0) is 5.91. The highest BCUT2D eigenvalue weighted by atomic mass is 79.9. The van der Waals surface area contributed by atoms with Crippen LogP contribution in [0.2, 0.25) is 0 Å². The van der Waals surface area contributed by atoms with Gasteiger partial charge in [0.25, 0.3) is 6.69 Å². The van der Waals surface area contributed by atoms with Gasteiger partial charge in [-0.05, 0) is 0 Å². The molecule has 0 bridgehead atoms. The molecule has 0 nitrogen and oxygen atoms in total. The van der Waals surface area contributed by atoms with Gasteiger partial charge in [-0.3, -0.25) is 0 Å². The van der Waals surface area contributed by atoms with Crippen molar-refractivity contribution in [1.82, 2.24) is 0 Å².